The number of esters is 1. The first-order valence-electron chi connectivity index (χ1n) is 6.72. The molecule has 100 valence electrons. The molecule has 4 heteroatoms. The van der Waals surface area contributed by atoms with E-state index in [2.05, 4.69) is 24.1 Å². The van der Waals surface area contributed by atoms with Crippen molar-refractivity contribution in [2.24, 2.45) is 5.92 Å². The van der Waals surface area contributed by atoms with Crippen LogP contribution in [0.4, 0.5) is 0 Å². The lowest BCUT2D eigenvalue weighted by atomic mass is 9.90. The maximum Gasteiger partial charge on any atom is 0.319 e. The molecule has 17 heavy (non-hydrogen) atoms. The SMILES string of the molecule is CCCC1CC(NCC)CN(CC(=O)OC)C1. The van der Waals surface area contributed by atoms with E-state index in [0.29, 0.717) is 18.5 Å². The molecule has 0 saturated carbocycles. The molecule has 0 aromatic carbocycles. The Morgan fingerprint density at radius 3 is 2.76 bits per heavy atom. The molecule has 0 aromatic heterocycles. The van der Waals surface area contributed by atoms with Gasteiger partial charge in [-0.3, -0.25) is 9.69 Å². The lowest BCUT2D eigenvalue weighted by molar-refractivity contribution is -0.142. The highest BCUT2D eigenvalue weighted by Crippen LogP contribution is 2.21. The van der Waals surface area contributed by atoms with Crippen LogP contribution in [0.5, 0.6) is 0 Å². The smallest absolute Gasteiger partial charge is 0.319 e. The monoisotopic (exact) mass is 242 g/mol. The molecule has 0 aromatic rings. The van der Waals surface area contributed by atoms with Crippen molar-refractivity contribution in [3.8, 4) is 0 Å². The van der Waals surface area contributed by atoms with Crippen LogP contribution in [0.2, 0.25) is 0 Å². The second-order valence-corrected chi connectivity index (χ2v) is 4.92. The largest absolute Gasteiger partial charge is 0.468 e. The third-order valence-electron chi connectivity index (χ3n) is 3.38. The summed E-state index contributed by atoms with van der Waals surface area (Å²) in [7, 11) is 1.46. The highest BCUT2D eigenvalue weighted by atomic mass is 16.5. The number of piperidine rings is 1. The van der Waals surface area contributed by atoms with Crippen molar-refractivity contribution in [2.45, 2.75) is 39.2 Å². The zero-order valence-electron chi connectivity index (χ0n) is 11.4. The summed E-state index contributed by atoms with van der Waals surface area (Å²) in [6.07, 6.45) is 3.70. The number of carbonyl (C=O) groups excluding carboxylic acids is 1. The molecule has 1 saturated heterocycles. The average molecular weight is 242 g/mol. The molecule has 1 aliphatic heterocycles. The van der Waals surface area contributed by atoms with E-state index in [-0.39, 0.29) is 5.97 Å². The second-order valence-electron chi connectivity index (χ2n) is 4.92. The van der Waals surface area contributed by atoms with Gasteiger partial charge in [0.25, 0.3) is 0 Å². The summed E-state index contributed by atoms with van der Waals surface area (Å²) in [6, 6.07) is 0.523. The van der Waals surface area contributed by atoms with E-state index in [1.165, 1.54) is 26.4 Å². The number of methoxy groups -OCH3 is 1. The van der Waals surface area contributed by atoms with E-state index in [1.807, 2.05) is 0 Å². The van der Waals surface area contributed by atoms with Crippen molar-refractivity contribution in [1.29, 1.82) is 0 Å². The average Bonchev–Trinajstić information content (AvgIpc) is 2.29. The van der Waals surface area contributed by atoms with Crippen LogP contribution in [0.15, 0.2) is 0 Å². The first-order chi connectivity index (χ1) is 8.19. The van der Waals surface area contributed by atoms with Gasteiger partial charge in [0, 0.05) is 19.1 Å². The Bertz CT molecular complexity index is 219. The van der Waals surface area contributed by atoms with Crippen LogP contribution in [-0.2, 0) is 9.53 Å². The van der Waals surface area contributed by atoms with Gasteiger partial charge in [-0.1, -0.05) is 20.3 Å². The van der Waals surface area contributed by atoms with Crippen molar-refractivity contribution in [2.75, 3.05) is 33.3 Å². The molecule has 1 N–H and O–H groups in total. The highest BCUT2D eigenvalue weighted by Gasteiger charge is 2.27. The number of rotatable bonds is 6. The van der Waals surface area contributed by atoms with Gasteiger partial charge in [0.15, 0.2) is 0 Å². The number of likely N-dealkylation sites (N-methyl/N-ethyl adjacent to an activating group) is 1. The first kappa shape index (κ1) is 14.5. The summed E-state index contributed by atoms with van der Waals surface area (Å²) in [4.78, 5) is 13.5. The summed E-state index contributed by atoms with van der Waals surface area (Å²) in [5, 5.41) is 3.50. The third kappa shape index (κ3) is 5.04. The summed E-state index contributed by atoms with van der Waals surface area (Å²) in [6.45, 7) is 7.78. The molecule has 0 radical (unpaired) electrons. The Labute approximate surface area is 105 Å². The highest BCUT2D eigenvalue weighted by molar-refractivity contribution is 5.71. The molecule has 1 heterocycles. The van der Waals surface area contributed by atoms with Gasteiger partial charge in [0.05, 0.1) is 13.7 Å². The fourth-order valence-electron chi connectivity index (χ4n) is 2.73. The van der Waals surface area contributed by atoms with Crippen LogP contribution in [0.1, 0.15) is 33.1 Å². The second kappa shape index (κ2) is 7.67. The summed E-state index contributed by atoms with van der Waals surface area (Å²) in [5.74, 6) is 0.583. The minimum atomic E-state index is -0.127. The van der Waals surface area contributed by atoms with Gasteiger partial charge in [0.2, 0.25) is 0 Å². The molecule has 1 fully saturated rings. The van der Waals surface area contributed by atoms with E-state index in [1.54, 1.807) is 0 Å². The zero-order valence-corrected chi connectivity index (χ0v) is 11.4. The van der Waals surface area contributed by atoms with Crippen LogP contribution in [0.3, 0.4) is 0 Å². The Balaban J connectivity index is 2.48. The fraction of sp³-hybridized carbons (Fsp3) is 0.923. The third-order valence-corrected chi connectivity index (χ3v) is 3.38. The quantitative estimate of drug-likeness (QED) is 0.712. The Morgan fingerprint density at radius 2 is 2.18 bits per heavy atom. The molecular weight excluding hydrogens is 216 g/mol. The van der Waals surface area contributed by atoms with Gasteiger partial charge in [-0.15, -0.1) is 0 Å². The van der Waals surface area contributed by atoms with Crippen molar-refractivity contribution in [3.05, 3.63) is 0 Å². The van der Waals surface area contributed by atoms with Crippen molar-refractivity contribution in [1.82, 2.24) is 10.2 Å². The van der Waals surface area contributed by atoms with Gasteiger partial charge in [-0.25, -0.2) is 0 Å². The molecule has 0 amide bonds. The number of nitrogens with one attached hydrogen (secondary N) is 1. The predicted molar refractivity (Wildman–Crippen MR) is 68.9 cm³/mol. The fourth-order valence-corrected chi connectivity index (χ4v) is 2.73. The zero-order chi connectivity index (χ0) is 12.7. The molecule has 1 rings (SSSR count). The maximum absolute atomic E-state index is 11.3. The first-order valence-corrected chi connectivity index (χ1v) is 6.72. The maximum atomic E-state index is 11.3. The van der Waals surface area contributed by atoms with Gasteiger partial charge in [-0.05, 0) is 25.3 Å². The molecule has 0 aliphatic carbocycles. The number of likely N-dealkylation sites (tertiary alicyclic amines) is 1. The van der Waals surface area contributed by atoms with Crippen LogP contribution in [0, 0.1) is 5.92 Å². The van der Waals surface area contributed by atoms with Crippen molar-refractivity contribution < 1.29 is 9.53 Å². The van der Waals surface area contributed by atoms with Gasteiger partial charge < -0.3 is 10.1 Å². The molecule has 2 unspecified atom stereocenters. The Hall–Kier alpha value is -0.610. The summed E-state index contributed by atoms with van der Waals surface area (Å²) >= 11 is 0. The molecule has 1 aliphatic rings. The Morgan fingerprint density at radius 1 is 1.41 bits per heavy atom. The van der Waals surface area contributed by atoms with Crippen LogP contribution >= 0.6 is 0 Å². The van der Waals surface area contributed by atoms with Crippen LogP contribution in [0.25, 0.3) is 0 Å². The van der Waals surface area contributed by atoms with Crippen molar-refractivity contribution >= 4 is 5.97 Å². The molecule has 0 spiro atoms. The van der Waals surface area contributed by atoms with E-state index in [0.717, 1.165) is 19.6 Å². The standard InChI is InChI=1S/C13H26N2O2/c1-4-6-11-7-12(14-5-2)9-15(8-11)10-13(16)17-3/h11-12,14H,4-10H2,1-3H3. The number of hydrogen-bond acceptors (Lipinski definition) is 4. The minimum Gasteiger partial charge on any atom is -0.468 e. The van der Waals surface area contributed by atoms with Gasteiger partial charge >= 0.3 is 5.97 Å². The summed E-state index contributed by atoms with van der Waals surface area (Å²) < 4.78 is 4.74. The Kier molecular flexibility index (Phi) is 6.52. The van der Waals surface area contributed by atoms with E-state index in [4.69, 9.17) is 4.74 Å². The normalized spacial score (nSPS) is 25.8. The number of carbonyl (C=O) groups is 1. The van der Waals surface area contributed by atoms with E-state index < -0.39 is 0 Å². The predicted octanol–water partition coefficient (Wildman–Crippen LogP) is 1.26. The van der Waals surface area contributed by atoms with E-state index in [9.17, 15) is 4.79 Å². The lowest BCUT2D eigenvalue weighted by Gasteiger charge is -2.37. The van der Waals surface area contributed by atoms with Crippen molar-refractivity contribution in [3.63, 3.8) is 0 Å². The minimum absolute atomic E-state index is 0.127. The van der Waals surface area contributed by atoms with Crippen LogP contribution < -0.4 is 5.32 Å². The van der Waals surface area contributed by atoms with Gasteiger partial charge in [0.1, 0.15) is 0 Å². The number of nitrogens with zero attached hydrogens (tertiary/aromatic N) is 1. The van der Waals surface area contributed by atoms with E-state index >= 15 is 0 Å². The summed E-state index contributed by atoms with van der Waals surface area (Å²) in [5.41, 5.74) is 0. The van der Waals surface area contributed by atoms with Crippen LogP contribution in [-0.4, -0.2) is 50.2 Å². The topological polar surface area (TPSA) is 41.6 Å². The molecule has 2 atom stereocenters. The van der Waals surface area contributed by atoms with Gasteiger partial charge in [-0.2, -0.15) is 0 Å². The number of ether oxygens (including phenoxy) is 1. The molecular formula is C13H26N2O2. The number of hydrogen-bond donors (Lipinski definition) is 1. The lowest BCUT2D eigenvalue weighted by Crippen LogP contribution is -2.50. The molecule has 4 nitrogen and oxygen atoms in total. The molecule has 0 bridgehead atoms.